The van der Waals surface area contributed by atoms with Crippen LogP contribution in [0.2, 0.25) is 0 Å². The number of nitrogens with zero attached hydrogens (tertiary/aromatic N) is 2. The van der Waals surface area contributed by atoms with Gasteiger partial charge in [0.05, 0.1) is 0 Å². The van der Waals surface area contributed by atoms with Gasteiger partial charge in [0.25, 0.3) is 23.6 Å². The van der Waals surface area contributed by atoms with E-state index in [-0.39, 0.29) is 30.2 Å². The molecule has 0 saturated carbocycles. The highest BCUT2D eigenvalue weighted by Crippen LogP contribution is 2.05. The minimum atomic E-state index is -0.286. The Morgan fingerprint density at radius 3 is 1.50 bits per heavy atom. The Labute approximate surface area is 153 Å². The highest BCUT2D eigenvalue weighted by Gasteiger charge is 2.22. The van der Waals surface area contributed by atoms with Gasteiger partial charge in [-0.25, -0.2) is 0 Å². The lowest BCUT2D eigenvalue weighted by Gasteiger charge is -2.12. The first-order valence-electron chi connectivity index (χ1n) is 8.62. The molecule has 0 aromatic heterocycles. The molecular formula is C18H26N2O6. The van der Waals surface area contributed by atoms with Gasteiger partial charge in [-0.15, -0.1) is 0 Å². The van der Waals surface area contributed by atoms with Crippen LogP contribution in [0.3, 0.4) is 0 Å². The molecule has 0 fully saturated rings. The zero-order chi connectivity index (χ0) is 19.9. The second-order valence-electron chi connectivity index (χ2n) is 5.06. The Hall–Kier alpha value is -2.61. The lowest BCUT2D eigenvalue weighted by molar-refractivity contribution is -0.138. The van der Waals surface area contributed by atoms with Crippen LogP contribution in [0.1, 0.15) is 39.5 Å². The molecule has 2 aliphatic rings. The summed E-state index contributed by atoms with van der Waals surface area (Å²) in [6, 6.07) is 0. The van der Waals surface area contributed by atoms with Crippen LogP contribution in [0.5, 0.6) is 0 Å². The highest BCUT2D eigenvalue weighted by molar-refractivity contribution is 6.13. The number of aliphatic hydroxyl groups excluding tert-OH is 1. The molecule has 0 aromatic rings. The van der Waals surface area contributed by atoms with Gasteiger partial charge in [0, 0.05) is 50.4 Å². The Balaban J connectivity index is 0.000000439. The SMILES string of the molecule is CC.O=C1C=CC(=O)N1CCCCO.O=CCCCN1C(=O)C=CC1=O. The van der Waals surface area contributed by atoms with Crippen LogP contribution in [0, 0.1) is 0 Å². The summed E-state index contributed by atoms with van der Waals surface area (Å²) in [6.45, 7) is 4.85. The number of hydrogen-bond acceptors (Lipinski definition) is 6. The van der Waals surface area contributed by atoms with Gasteiger partial charge in [-0.1, -0.05) is 13.8 Å². The molecule has 0 unspecified atom stereocenters. The van der Waals surface area contributed by atoms with E-state index in [1.54, 1.807) is 0 Å². The van der Waals surface area contributed by atoms with Crippen molar-refractivity contribution in [2.75, 3.05) is 19.7 Å². The molecule has 0 aliphatic carbocycles. The quantitative estimate of drug-likeness (QED) is 0.382. The van der Waals surface area contributed by atoms with Crippen LogP contribution in [-0.2, 0) is 24.0 Å². The summed E-state index contributed by atoms with van der Waals surface area (Å²) in [7, 11) is 0. The predicted molar refractivity (Wildman–Crippen MR) is 94.7 cm³/mol. The summed E-state index contributed by atoms with van der Waals surface area (Å²) in [6.07, 6.45) is 8.00. The third kappa shape index (κ3) is 7.98. The molecule has 144 valence electrons. The van der Waals surface area contributed by atoms with Crippen LogP contribution in [0.4, 0.5) is 0 Å². The lowest BCUT2D eigenvalue weighted by atomic mass is 10.3. The summed E-state index contributed by atoms with van der Waals surface area (Å²) in [5.41, 5.74) is 0. The van der Waals surface area contributed by atoms with Crippen molar-refractivity contribution in [3.63, 3.8) is 0 Å². The molecule has 0 aromatic carbocycles. The molecule has 0 atom stereocenters. The maximum atomic E-state index is 10.9. The summed E-state index contributed by atoms with van der Waals surface area (Å²) in [5, 5.41) is 8.47. The monoisotopic (exact) mass is 366 g/mol. The lowest BCUT2D eigenvalue weighted by Crippen LogP contribution is -2.30. The molecular weight excluding hydrogens is 340 g/mol. The number of amides is 4. The number of rotatable bonds is 8. The number of aldehydes is 1. The Kier molecular flexibility index (Phi) is 12.3. The van der Waals surface area contributed by atoms with E-state index >= 15 is 0 Å². The van der Waals surface area contributed by atoms with Gasteiger partial charge in [-0.3, -0.25) is 29.0 Å². The van der Waals surface area contributed by atoms with Crippen molar-refractivity contribution in [3.8, 4) is 0 Å². The van der Waals surface area contributed by atoms with Crippen molar-refractivity contribution in [1.82, 2.24) is 9.80 Å². The Morgan fingerprint density at radius 1 is 0.769 bits per heavy atom. The standard InChI is InChI=1S/C8H11NO3.C8H9NO3.C2H6/c2*10-6-2-1-5-9-7(11)3-4-8(9)12;1-2/h3-4,10H,1-2,5-6H2;3-4,6H,1-2,5H2;1-2H3. The second-order valence-corrected chi connectivity index (χ2v) is 5.06. The van der Waals surface area contributed by atoms with Crippen molar-refractivity contribution in [2.45, 2.75) is 39.5 Å². The van der Waals surface area contributed by atoms with Gasteiger partial charge in [-0.05, 0) is 19.3 Å². The third-order valence-corrected chi connectivity index (χ3v) is 3.29. The van der Waals surface area contributed by atoms with E-state index < -0.39 is 0 Å². The van der Waals surface area contributed by atoms with Gasteiger partial charge in [0.1, 0.15) is 6.29 Å². The van der Waals surface area contributed by atoms with Crippen LogP contribution in [-0.4, -0.2) is 64.5 Å². The molecule has 4 amide bonds. The molecule has 0 spiro atoms. The first kappa shape index (κ1) is 23.4. The second kappa shape index (κ2) is 13.7. The van der Waals surface area contributed by atoms with Crippen LogP contribution in [0.25, 0.3) is 0 Å². The van der Waals surface area contributed by atoms with Gasteiger partial charge in [0.2, 0.25) is 0 Å². The minimum Gasteiger partial charge on any atom is -0.396 e. The fourth-order valence-corrected chi connectivity index (χ4v) is 2.02. The first-order chi connectivity index (χ1) is 12.5. The minimum absolute atomic E-state index is 0.101. The zero-order valence-electron chi connectivity index (χ0n) is 15.2. The summed E-state index contributed by atoms with van der Waals surface area (Å²) < 4.78 is 0. The highest BCUT2D eigenvalue weighted by atomic mass is 16.3. The van der Waals surface area contributed by atoms with Gasteiger partial charge in [0.15, 0.2) is 0 Å². The fraction of sp³-hybridized carbons (Fsp3) is 0.500. The van der Waals surface area contributed by atoms with E-state index in [0.717, 1.165) is 11.2 Å². The average Bonchev–Trinajstić information content (AvgIpc) is 3.14. The maximum absolute atomic E-state index is 10.9. The van der Waals surface area contributed by atoms with Crippen molar-refractivity contribution < 1.29 is 29.1 Å². The molecule has 0 radical (unpaired) electrons. The van der Waals surface area contributed by atoms with Crippen LogP contribution >= 0.6 is 0 Å². The maximum Gasteiger partial charge on any atom is 0.253 e. The van der Waals surface area contributed by atoms with Gasteiger partial charge < -0.3 is 9.90 Å². The Morgan fingerprint density at radius 2 is 1.15 bits per heavy atom. The molecule has 2 heterocycles. The molecule has 0 bridgehead atoms. The first-order valence-corrected chi connectivity index (χ1v) is 8.62. The number of unbranched alkanes of at least 4 members (excludes halogenated alkanes) is 2. The number of imide groups is 2. The molecule has 8 nitrogen and oxygen atoms in total. The number of hydrogen-bond donors (Lipinski definition) is 1. The van der Waals surface area contributed by atoms with E-state index in [9.17, 15) is 24.0 Å². The van der Waals surface area contributed by atoms with E-state index in [2.05, 4.69) is 0 Å². The topological polar surface area (TPSA) is 112 Å². The predicted octanol–water partition coefficient (Wildman–Crippen LogP) is 0.601. The van der Waals surface area contributed by atoms with E-state index in [4.69, 9.17) is 5.11 Å². The summed E-state index contributed by atoms with van der Waals surface area (Å²) in [5.74, 6) is -1.08. The largest absolute Gasteiger partial charge is 0.396 e. The van der Waals surface area contributed by atoms with Crippen molar-refractivity contribution in [1.29, 1.82) is 0 Å². The molecule has 0 saturated heterocycles. The summed E-state index contributed by atoms with van der Waals surface area (Å²) >= 11 is 0. The smallest absolute Gasteiger partial charge is 0.253 e. The van der Waals surface area contributed by atoms with Crippen molar-refractivity contribution >= 4 is 29.9 Å². The molecule has 8 heteroatoms. The third-order valence-electron chi connectivity index (χ3n) is 3.29. The van der Waals surface area contributed by atoms with E-state index in [1.165, 1.54) is 29.2 Å². The number of carbonyl (C=O) groups is 5. The average molecular weight is 366 g/mol. The van der Waals surface area contributed by atoms with Gasteiger partial charge in [-0.2, -0.15) is 0 Å². The van der Waals surface area contributed by atoms with E-state index in [0.29, 0.717) is 38.8 Å². The van der Waals surface area contributed by atoms with Crippen LogP contribution in [0.15, 0.2) is 24.3 Å². The number of aliphatic hydroxyl groups is 1. The number of carbonyl (C=O) groups excluding carboxylic acids is 5. The van der Waals surface area contributed by atoms with Crippen molar-refractivity contribution in [2.24, 2.45) is 0 Å². The normalized spacial score (nSPS) is 15.0. The van der Waals surface area contributed by atoms with Crippen molar-refractivity contribution in [3.05, 3.63) is 24.3 Å². The molecule has 2 rings (SSSR count). The molecule has 26 heavy (non-hydrogen) atoms. The zero-order valence-corrected chi connectivity index (χ0v) is 15.2. The molecule has 1 N–H and O–H groups in total. The van der Waals surface area contributed by atoms with Gasteiger partial charge >= 0.3 is 0 Å². The molecule has 2 aliphatic heterocycles. The fourth-order valence-electron chi connectivity index (χ4n) is 2.02. The van der Waals surface area contributed by atoms with Crippen LogP contribution < -0.4 is 0 Å². The Bertz CT molecular complexity index is 532. The summed E-state index contributed by atoms with van der Waals surface area (Å²) in [4.78, 5) is 55.9. The van der Waals surface area contributed by atoms with E-state index in [1.807, 2.05) is 13.8 Å².